The van der Waals surface area contributed by atoms with Gasteiger partial charge in [-0.3, -0.25) is 0 Å². The summed E-state index contributed by atoms with van der Waals surface area (Å²) in [6.45, 7) is 0. The summed E-state index contributed by atoms with van der Waals surface area (Å²) in [7, 11) is 2.03. The van der Waals surface area contributed by atoms with Crippen LogP contribution in [0, 0.1) is 0 Å². The van der Waals surface area contributed by atoms with Gasteiger partial charge in [-0.1, -0.05) is 49.7 Å². The number of tetrazole rings is 1. The van der Waals surface area contributed by atoms with Crippen molar-refractivity contribution in [1.29, 1.82) is 0 Å². The van der Waals surface area contributed by atoms with Crippen molar-refractivity contribution in [3.8, 4) is 0 Å². The lowest BCUT2D eigenvalue weighted by Gasteiger charge is -2.22. The van der Waals surface area contributed by atoms with Gasteiger partial charge >= 0.3 is 0 Å². The standard InChI is InChI=1S/C18H25N5S/c1-22(15-9-4-2-5-10-15)18(24)14-8-13-17-19-20-21-23(17)16-11-6-3-7-12-16/h2,4-5,9-10,16H,3,6-8,11-14H2,1H3. The molecular formula is C18H25N5S. The largest absolute Gasteiger partial charge is 0.339 e. The van der Waals surface area contributed by atoms with Crippen molar-refractivity contribution in [2.75, 3.05) is 11.9 Å². The summed E-state index contributed by atoms with van der Waals surface area (Å²) in [4.78, 5) is 3.04. The Hall–Kier alpha value is -1.82. The lowest BCUT2D eigenvalue weighted by atomic mass is 9.95. The number of benzene rings is 1. The average molecular weight is 344 g/mol. The van der Waals surface area contributed by atoms with Crippen LogP contribution in [-0.2, 0) is 6.42 Å². The van der Waals surface area contributed by atoms with Gasteiger partial charge in [-0.25, -0.2) is 4.68 Å². The van der Waals surface area contributed by atoms with E-state index in [1.165, 1.54) is 32.1 Å². The molecule has 0 spiro atoms. The fourth-order valence-electron chi connectivity index (χ4n) is 3.35. The van der Waals surface area contributed by atoms with E-state index in [1.54, 1.807) is 0 Å². The van der Waals surface area contributed by atoms with Crippen LogP contribution in [0.1, 0.15) is 56.8 Å². The van der Waals surface area contributed by atoms with Crippen LogP contribution < -0.4 is 4.90 Å². The van der Waals surface area contributed by atoms with Crippen LogP contribution in [0.15, 0.2) is 30.3 Å². The summed E-state index contributed by atoms with van der Waals surface area (Å²) in [6, 6.07) is 10.7. The zero-order valence-corrected chi connectivity index (χ0v) is 15.1. The van der Waals surface area contributed by atoms with Crippen LogP contribution in [0.2, 0.25) is 0 Å². The molecule has 128 valence electrons. The number of nitrogens with zero attached hydrogens (tertiary/aromatic N) is 5. The lowest BCUT2D eigenvalue weighted by Crippen LogP contribution is -2.24. The summed E-state index contributed by atoms with van der Waals surface area (Å²) < 4.78 is 2.06. The fourth-order valence-corrected chi connectivity index (χ4v) is 3.60. The Balaban J connectivity index is 1.51. The maximum absolute atomic E-state index is 5.58. The maximum Gasteiger partial charge on any atom is 0.151 e. The van der Waals surface area contributed by atoms with Crippen molar-refractivity contribution in [1.82, 2.24) is 20.2 Å². The van der Waals surface area contributed by atoms with E-state index >= 15 is 0 Å². The van der Waals surface area contributed by atoms with Gasteiger partial charge in [0.05, 0.1) is 11.0 Å². The number of aryl methyl sites for hydroxylation is 1. The third-order valence-corrected chi connectivity index (χ3v) is 5.27. The normalized spacial score (nSPS) is 15.4. The quantitative estimate of drug-likeness (QED) is 0.743. The number of thiocarbonyl (C=S) groups is 1. The molecule has 0 radical (unpaired) electrons. The smallest absolute Gasteiger partial charge is 0.151 e. The van der Waals surface area contributed by atoms with Gasteiger partial charge in [0.2, 0.25) is 0 Å². The van der Waals surface area contributed by atoms with Crippen LogP contribution in [0.5, 0.6) is 0 Å². The summed E-state index contributed by atoms with van der Waals surface area (Å²) in [5.74, 6) is 1.01. The summed E-state index contributed by atoms with van der Waals surface area (Å²) >= 11 is 5.58. The second-order valence-corrected chi connectivity index (χ2v) is 6.94. The Bertz CT molecular complexity index is 648. The molecule has 0 atom stereocenters. The van der Waals surface area contributed by atoms with Gasteiger partial charge in [-0.2, -0.15) is 0 Å². The SMILES string of the molecule is CN(C(=S)CCCc1nnnn1C1CCCCC1)c1ccccc1. The molecule has 1 fully saturated rings. The first kappa shape index (κ1) is 17.0. The molecule has 0 saturated heterocycles. The molecule has 1 saturated carbocycles. The van der Waals surface area contributed by atoms with Crippen molar-refractivity contribution >= 4 is 22.9 Å². The Kier molecular flexibility index (Phi) is 5.91. The summed E-state index contributed by atoms with van der Waals surface area (Å²) in [5.41, 5.74) is 1.13. The Morgan fingerprint density at radius 1 is 1.21 bits per heavy atom. The second-order valence-electron chi connectivity index (χ2n) is 6.47. The molecule has 1 heterocycles. The van der Waals surface area contributed by atoms with E-state index in [2.05, 4.69) is 37.2 Å². The second kappa shape index (κ2) is 8.33. The van der Waals surface area contributed by atoms with Gasteiger partial charge in [-0.05, 0) is 48.2 Å². The molecule has 0 bridgehead atoms. The predicted octanol–water partition coefficient (Wildman–Crippen LogP) is 3.96. The highest BCUT2D eigenvalue weighted by Crippen LogP contribution is 2.28. The van der Waals surface area contributed by atoms with Crippen molar-refractivity contribution in [3.05, 3.63) is 36.2 Å². The lowest BCUT2D eigenvalue weighted by molar-refractivity contribution is 0.316. The van der Waals surface area contributed by atoms with Crippen molar-refractivity contribution < 1.29 is 0 Å². The molecule has 0 N–H and O–H groups in total. The van der Waals surface area contributed by atoms with Crippen molar-refractivity contribution in [2.24, 2.45) is 0 Å². The molecule has 1 aliphatic rings. The number of para-hydroxylation sites is 1. The third-order valence-electron chi connectivity index (χ3n) is 4.79. The highest BCUT2D eigenvalue weighted by molar-refractivity contribution is 7.80. The molecule has 3 rings (SSSR count). The number of hydrogen-bond donors (Lipinski definition) is 0. The molecular weight excluding hydrogens is 318 g/mol. The van der Waals surface area contributed by atoms with Crippen LogP contribution in [0.25, 0.3) is 0 Å². The summed E-state index contributed by atoms with van der Waals surface area (Å²) in [5, 5.41) is 12.4. The highest BCUT2D eigenvalue weighted by atomic mass is 32.1. The maximum atomic E-state index is 5.58. The van der Waals surface area contributed by atoms with Crippen LogP contribution in [0.4, 0.5) is 5.69 Å². The molecule has 5 nitrogen and oxygen atoms in total. The molecule has 0 aliphatic heterocycles. The first-order valence-electron chi connectivity index (χ1n) is 8.84. The van der Waals surface area contributed by atoms with Gasteiger partial charge in [0.25, 0.3) is 0 Å². The minimum atomic E-state index is 0.489. The van der Waals surface area contributed by atoms with E-state index in [4.69, 9.17) is 12.2 Å². The monoisotopic (exact) mass is 343 g/mol. The van der Waals surface area contributed by atoms with E-state index in [0.717, 1.165) is 35.8 Å². The topological polar surface area (TPSA) is 46.8 Å². The van der Waals surface area contributed by atoms with Gasteiger partial charge in [0, 0.05) is 19.2 Å². The number of aromatic nitrogens is 4. The van der Waals surface area contributed by atoms with Crippen LogP contribution >= 0.6 is 12.2 Å². The fraction of sp³-hybridized carbons (Fsp3) is 0.556. The predicted molar refractivity (Wildman–Crippen MR) is 100 cm³/mol. The molecule has 0 unspecified atom stereocenters. The number of rotatable bonds is 6. The molecule has 1 aromatic heterocycles. The van der Waals surface area contributed by atoms with E-state index in [1.807, 2.05) is 25.2 Å². The molecule has 1 aromatic carbocycles. The zero-order valence-electron chi connectivity index (χ0n) is 14.3. The Morgan fingerprint density at radius 2 is 1.96 bits per heavy atom. The first-order chi connectivity index (χ1) is 11.8. The van der Waals surface area contributed by atoms with Crippen molar-refractivity contribution in [2.45, 2.75) is 57.4 Å². The Labute approximate surface area is 149 Å². The van der Waals surface area contributed by atoms with Crippen molar-refractivity contribution in [3.63, 3.8) is 0 Å². The van der Waals surface area contributed by atoms with E-state index in [0.29, 0.717) is 6.04 Å². The zero-order chi connectivity index (χ0) is 16.8. The molecule has 2 aromatic rings. The van der Waals surface area contributed by atoms with Gasteiger partial charge in [0.15, 0.2) is 5.82 Å². The number of hydrogen-bond acceptors (Lipinski definition) is 4. The third kappa shape index (κ3) is 4.17. The summed E-state index contributed by atoms with van der Waals surface area (Å²) in [6.07, 6.45) is 9.05. The average Bonchev–Trinajstić information content (AvgIpc) is 3.11. The number of anilines is 1. The Morgan fingerprint density at radius 3 is 2.71 bits per heavy atom. The minimum absolute atomic E-state index is 0.489. The molecule has 0 amide bonds. The van der Waals surface area contributed by atoms with Gasteiger partial charge in [-0.15, -0.1) is 5.10 Å². The minimum Gasteiger partial charge on any atom is -0.339 e. The van der Waals surface area contributed by atoms with E-state index in [9.17, 15) is 0 Å². The van der Waals surface area contributed by atoms with E-state index < -0.39 is 0 Å². The van der Waals surface area contributed by atoms with E-state index in [-0.39, 0.29) is 0 Å². The van der Waals surface area contributed by atoms with Crippen LogP contribution in [-0.4, -0.2) is 32.2 Å². The first-order valence-corrected chi connectivity index (χ1v) is 9.25. The molecule has 6 heteroatoms. The highest BCUT2D eigenvalue weighted by Gasteiger charge is 2.19. The molecule has 1 aliphatic carbocycles. The molecule has 24 heavy (non-hydrogen) atoms. The van der Waals surface area contributed by atoms with Gasteiger partial charge < -0.3 is 4.90 Å². The van der Waals surface area contributed by atoms with Crippen LogP contribution in [0.3, 0.4) is 0 Å². The van der Waals surface area contributed by atoms with Gasteiger partial charge in [0.1, 0.15) is 0 Å².